The highest BCUT2D eigenvalue weighted by Gasteiger charge is 2.07. The molecule has 0 aromatic heterocycles. The molecular weight excluding hydrogens is 452 g/mol. The standard InChI is InChI=1S/C30H28N2O4/c1-33-29-17-25(13-15-27(29)35-21-23-9-5-3-6-10-23)19-31-32-20-26-14-16-28(30(18-26)34-2)36-22-24-11-7-4-8-12-24/h3-20H,21-22H2,1-2H3. The van der Waals surface area contributed by atoms with Crippen molar-refractivity contribution >= 4 is 12.4 Å². The number of benzene rings is 4. The van der Waals surface area contributed by atoms with E-state index < -0.39 is 0 Å². The second kappa shape index (κ2) is 12.8. The van der Waals surface area contributed by atoms with Crippen molar-refractivity contribution in [2.75, 3.05) is 14.2 Å². The first-order chi connectivity index (χ1) is 17.7. The molecule has 0 amide bonds. The first-order valence-corrected chi connectivity index (χ1v) is 11.5. The summed E-state index contributed by atoms with van der Waals surface area (Å²) in [5.74, 6) is 2.61. The van der Waals surface area contributed by atoms with E-state index in [-0.39, 0.29) is 0 Å². The molecule has 0 aliphatic carbocycles. The normalized spacial score (nSPS) is 11.1. The SMILES string of the molecule is COc1cc(C=NN=Cc2ccc(OCc3ccccc3)c(OC)c2)ccc1OCc1ccccc1. The van der Waals surface area contributed by atoms with E-state index in [0.717, 1.165) is 22.3 Å². The van der Waals surface area contributed by atoms with Crippen LogP contribution in [0.25, 0.3) is 0 Å². The average molecular weight is 481 g/mol. The number of ether oxygens (including phenoxy) is 4. The molecule has 0 atom stereocenters. The van der Waals surface area contributed by atoms with E-state index in [1.807, 2.05) is 97.1 Å². The number of hydrogen-bond acceptors (Lipinski definition) is 6. The van der Waals surface area contributed by atoms with Gasteiger partial charge in [-0.15, -0.1) is 0 Å². The van der Waals surface area contributed by atoms with E-state index in [1.54, 1.807) is 26.6 Å². The van der Waals surface area contributed by atoms with Crippen LogP contribution in [-0.4, -0.2) is 26.6 Å². The highest BCUT2D eigenvalue weighted by Crippen LogP contribution is 2.29. The molecule has 0 spiro atoms. The Balaban J connectivity index is 1.36. The first-order valence-electron chi connectivity index (χ1n) is 11.5. The van der Waals surface area contributed by atoms with Crippen LogP contribution in [0.1, 0.15) is 22.3 Å². The van der Waals surface area contributed by atoms with Gasteiger partial charge in [0.05, 0.1) is 26.6 Å². The smallest absolute Gasteiger partial charge is 0.161 e. The first kappa shape index (κ1) is 24.5. The van der Waals surface area contributed by atoms with Gasteiger partial charge in [0, 0.05) is 0 Å². The molecule has 0 N–H and O–H groups in total. The zero-order valence-corrected chi connectivity index (χ0v) is 20.3. The van der Waals surface area contributed by atoms with Crippen molar-refractivity contribution in [2.24, 2.45) is 10.2 Å². The third kappa shape index (κ3) is 6.96. The number of rotatable bonds is 11. The molecule has 0 aliphatic rings. The molecule has 0 bridgehead atoms. The predicted molar refractivity (Wildman–Crippen MR) is 143 cm³/mol. The van der Waals surface area contributed by atoms with Crippen LogP contribution in [0.3, 0.4) is 0 Å². The monoisotopic (exact) mass is 480 g/mol. The Labute approximate surface area is 211 Å². The van der Waals surface area contributed by atoms with Gasteiger partial charge < -0.3 is 18.9 Å². The molecule has 0 saturated heterocycles. The van der Waals surface area contributed by atoms with Crippen LogP contribution in [0.5, 0.6) is 23.0 Å². The number of hydrogen-bond donors (Lipinski definition) is 0. The maximum absolute atomic E-state index is 5.91. The minimum absolute atomic E-state index is 0.467. The molecule has 6 nitrogen and oxygen atoms in total. The fourth-order valence-corrected chi connectivity index (χ4v) is 3.44. The predicted octanol–water partition coefficient (Wildman–Crippen LogP) is 6.31. The van der Waals surface area contributed by atoms with Crippen LogP contribution >= 0.6 is 0 Å². The lowest BCUT2D eigenvalue weighted by atomic mass is 10.2. The Morgan fingerprint density at radius 1 is 0.528 bits per heavy atom. The highest BCUT2D eigenvalue weighted by atomic mass is 16.5. The second-order valence-electron chi connectivity index (χ2n) is 7.86. The van der Waals surface area contributed by atoms with Gasteiger partial charge in [0.25, 0.3) is 0 Å². The van der Waals surface area contributed by atoms with Crippen molar-refractivity contribution in [3.63, 3.8) is 0 Å². The van der Waals surface area contributed by atoms with Gasteiger partial charge in [-0.2, -0.15) is 10.2 Å². The molecule has 0 fully saturated rings. The Kier molecular flexibility index (Phi) is 8.70. The van der Waals surface area contributed by atoms with Gasteiger partial charge in [-0.1, -0.05) is 60.7 Å². The second-order valence-corrected chi connectivity index (χ2v) is 7.86. The largest absolute Gasteiger partial charge is 0.493 e. The lowest BCUT2D eigenvalue weighted by Gasteiger charge is -2.11. The summed E-state index contributed by atoms with van der Waals surface area (Å²) in [5, 5.41) is 8.33. The van der Waals surface area contributed by atoms with Crippen LogP contribution < -0.4 is 18.9 Å². The Hall–Kier alpha value is -4.58. The van der Waals surface area contributed by atoms with Crippen LogP contribution in [0, 0.1) is 0 Å². The summed E-state index contributed by atoms with van der Waals surface area (Å²) >= 11 is 0. The van der Waals surface area contributed by atoms with Gasteiger partial charge in [0.1, 0.15) is 13.2 Å². The molecule has 0 unspecified atom stereocenters. The summed E-state index contributed by atoms with van der Waals surface area (Å²) in [7, 11) is 3.23. The van der Waals surface area contributed by atoms with Crippen LogP contribution in [0.2, 0.25) is 0 Å². The minimum Gasteiger partial charge on any atom is -0.493 e. The summed E-state index contributed by atoms with van der Waals surface area (Å²) in [5.41, 5.74) is 3.87. The topological polar surface area (TPSA) is 61.6 Å². The van der Waals surface area contributed by atoms with E-state index >= 15 is 0 Å². The summed E-state index contributed by atoms with van der Waals surface area (Å²) in [4.78, 5) is 0. The van der Waals surface area contributed by atoms with E-state index in [4.69, 9.17) is 18.9 Å². The van der Waals surface area contributed by atoms with Gasteiger partial charge in [0.15, 0.2) is 23.0 Å². The minimum atomic E-state index is 0.467. The molecule has 0 radical (unpaired) electrons. The lowest BCUT2D eigenvalue weighted by Crippen LogP contribution is -1.98. The quantitative estimate of drug-likeness (QED) is 0.186. The molecule has 182 valence electrons. The van der Waals surface area contributed by atoms with Crippen LogP contribution in [-0.2, 0) is 13.2 Å². The van der Waals surface area contributed by atoms with Gasteiger partial charge in [0.2, 0.25) is 0 Å². The molecule has 4 aromatic rings. The van der Waals surface area contributed by atoms with Crippen molar-refractivity contribution < 1.29 is 18.9 Å². The van der Waals surface area contributed by atoms with Gasteiger partial charge >= 0.3 is 0 Å². The number of methoxy groups -OCH3 is 2. The third-order valence-electron chi connectivity index (χ3n) is 5.33. The fourth-order valence-electron chi connectivity index (χ4n) is 3.44. The van der Waals surface area contributed by atoms with Crippen LogP contribution in [0.4, 0.5) is 0 Å². The summed E-state index contributed by atoms with van der Waals surface area (Å²) in [6.07, 6.45) is 3.32. The highest BCUT2D eigenvalue weighted by molar-refractivity contribution is 5.84. The third-order valence-corrected chi connectivity index (χ3v) is 5.33. The van der Waals surface area contributed by atoms with Crippen LogP contribution in [0.15, 0.2) is 107 Å². The van der Waals surface area contributed by atoms with Gasteiger partial charge in [-0.05, 0) is 58.7 Å². The van der Waals surface area contributed by atoms with E-state index in [1.165, 1.54) is 0 Å². The zero-order valence-electron chi connectivity index (χ0n) is 20.3. The van der Waals surface area contributed by atoms with Crippen molar-refractivity contribution in [3.05, 3.63) is 119 Å². The lowest BCUT2D eigenvalue weighted by molar-refractivity contribution is 0.284. The van der Waals surface area contributed by atoms with E-state index in [0.29, 0.717) is 36.2 Å². The van der Waals surface area contributed by atoms with Crippen molar-refractivity contribution in [1.82, 2.24) is 0 Å². The Morgan fingerprint density at radius 2 is 0.944 bits per heavy atom. The number of nitrogens with zero attached hydrogens (tertiary/aromatic N) is 2. The molecule has 6 heteroatoms. The molecule has 0 heterocycles. The average Bonchev–Trinajstić information content (AvgIpc) is 2.94. The molecule has 4 rings (SSSR count). The summed E-state index contributed by atoms with van der Waals surface area (Å²) in [6.45, 7) is 0.933. The molecule has 36 heavy (non-hydrogen) atoms. The van der Waals surface area contributed by atoms with Gasteiger partial charge in [-0.3, -0.25) is 0 Å². The molecule has 0 saturated carbocycles. The van der Waals surface area contributed by atoms with Gasteiger partial charge in [-0.25, -0.2) is 0 Å². The Morgan fingerprint density at radius 3 is 1.33 bits per heavy atom. The molecule has 4 aromatic carbocycles. The summed E-state index contributed by atoms with van der Waals surface area (Å²) < 4.78 is 22.8. The summed E-state index contributed by atoms with van der Waals surface area (Å²) in [6, 6.07) is 31.3. The maximum atomic E-state index is 5.91. The van der Waals surface area contributed by atoms with Crippen molar-refractivity contribution in [3.8, 4) is 23.0 Å². The molecular formula is C30H28N2O4. The Bertz CT molecular complexity index is 1200. The van der Waals surface area contributed by atoms with E-state index in [2.05, 4.69) is 10.2 Å². The zero-order chi connectivity index (χ0) is 25.0. The molecule has 0 aliphatic heterocycles. The van der Waals surface area contributed by atoms with Crippen molar-refractivity contribution in [1.29, 1.82) is 0 Å². The fraction of sp³-hybridized carbons (Fsp3) is 0.133. The van der Waals surface area contributed by atoms with Crippen molar-refractivity contribution in [2.45, 2.75) is 13.2 Å². The van der Waals surface area contributed by atoms with E-state index in [9.17, 15) is 0 Å². The maximum Gasteiger partial charge on any atom is 0.161 e.